The molecular formula is C17H26N2O4. The van der Waals surface area contributed by atoms with E-state index in [9.17, 15) is 9.59 Å². The Morgan fingerprint density at radius 1 is 1.04 bits per heavy atom. The Morgan fingerprint density at radius 3 is 2.22 bits per heavy atom. The third-order valence-electron chi connectivity index (χ3n) is 6.21. The highest BCUT2D eigenvalue weighted by atomic mass is 16.6. The number of ether oxygens (including phenoxy) is 2. The zero-order chi connectivity index (χ0) is 16.2. The van der Waals surface area contributed by atoms with E-state index in [1.54, 1.807) is 0 Å². The molecule has 0 aromatic heterocycles. The van der Waals surface area contributed by atoms with Gasteiger partial charge in [-0.05, 0) is 38.5 Å². The molecule has 2 saturated heterocycles. The zero-order valence-corrected chi connectivity index (χ0v) is 14.0. The van der Waals surface area contributed by atoms with Gasteiger partial charge < -0.3 is 14.4 Å². The third-order valence-corrected chi connectivity index (χ3v) is 6.21. The maximum Gasteiger partial charge on any atom is 0.409 e. The van der Waals surface area contributed by atoms with Crippen molar-refractivity contribution in [1.82, 2.24) is 9.80 Å². The molecule has 6 nitrogen and oxygen atoms in total. The first kappa shape index (κ1) is 15.2. The molecule has 4 rings (SSSR count). The topological polar surface area (TPSA) is 59.1 Å². The zero-order valence-electron chi connectivity index (χ0n) is 14.0. The molecular weight excluding hydrogens is 296 g/mol. The largest absolute Gasteiger partial charge is 0.466 e. The molecule has 0 N–H and O–H groups in total. The van der Waals surface area contributed by atoms with Gasteiger partial charge in [-0.1, -0.05) is 0 Å². The number of carbonyl (C=O) groups is 2. The summed E-state index contributed by atoms with van der Waals surface area (Å²) in [5.41, 5.74) is 0.352. The number of piperidine rings is 1. The molecule has 6 heteroatoms. The molecule has 1 amide bonds. The van der Waals surface area contributed by atoms with Gasteiger partial charge in [0.25, 0.3) is 0 Å². The van der Waals surface area contributed by atoms with E-state index in [2.05, 4.69) is 4.90 Å². The van der Waals surface area contributed by atoms with Crippen LogP contribution in [0.5, 0.6) is 0 Å². The van der Waals surface area contributed by atoms with Crippen LogP contribution < -0.4 is 0 Å². The molecule has 4 aliphatic rings. The predicted octanol–water partition coefficient (Wildman–Crippen LogP) is 1.35. The normalized spacial score (nSPS) is 34.5. The lowest BCUT2D eigenvalue weighted by Crippen LogP contribution is -2.67. The Morgan fingerprint density at radius 2 is 1.65 bits per heavy atom. The Bertz CT molecular complexity index is 497. The minimum atomic E-state index is -0.165. The van der Waals surface area contributed by atoms with Crippen molar-refractivity contribution in [3.05, 3.63) is 0 Å². The van der Waals surface area contributed by atoms with Crippen LogP contribution in [0.1, 0.15) is 26.7 Å². The molecule has 2 aliphatic carbocycles. The van der Waals surface area contributed by atoms with Crippen molar-refractivity contribution >= 4 is 12.1 Å². The Labute approximate surface area is 137 Å². The standard InChI is InChI=1S/C17H26N2O4/c1-3-22-15(20)14-12-7-18(8-13(12)14)11-5-17(6-11)9-19(10-17)16(21)23-4-2/h11-14H,3-10H2,1-2H3. The number of amides is 1. The highest BCUT2D eigenvalue weighted by Gasteiger charge is 2.63. The summed E-state index contributed by atoms with van der Waals surface area (Å²) in [4.78, 5) is 27.8. The van der Waals surface area contributed by atoms with Crippen LogP contribution in [-0.4, -0.2) is 67.3 Å². The number of hydrogen-bond acceptors (Lipinski definition) is 5. The highest BCUT2D eigenvalue weighted by molar-refractivity contribution is 5.77. The van der Waals surface area contributed by atoms with Crippen molar-refractivity contribution in [3.63, 3.8) is 0 Å². The van der Waals surface area contributed by atoms with Gasteiger partial charge in [0.2, 0.25) is 0 Å². The molecule has 23 heavy (non-hydrogen) atoms. The Balaban J connectivity index is 1.19. The van der Waals surface area contributed by atoms with Gasteiger partial charge in [0.05, 0.1) is 19.1 Å². The second-order valence-electron chi connectivity index (χ2n) is 7.68. The minimum Gasteiger partial charge on any atom is -0.466 e. The average Bonchev–Trinajstić information content (AvgIpc) is 2.92. The lowest BCUT2D eigenvalue weighted by atomic mass is 9.60. The number of fused-ring (bicyclic) bond motifs is 1. The summed E-state index contributed by atoms with van der Waals surface area (Å²) in [6.07, 6.45) is 2.21. The average molecular weight is 322 g/mol. The first-order chi connectivity index (χ1) is 11.1. The first-order valence-electron chi connectivity index (χ1n) is 8.89. The second-order valence-corrected chi connectivity index (χ2v) is 7.68. The van der Waals surface area contributed by atoms with E-state index in [-0.39, 0.29) is 18.0 Å². The van der Waals surface area contributed by atoms with Crippen molar-refractivity contribution < 1.29 is 19.1 Å². The van der Waals surface area contributed by atoms with Crippen LogP contribution in [0.2, 0.25) is 0 Å². The molecule has 2 aliphatic heterocycles. The van der Waals surface area contributed by atoms with Gasteiger partial charge in [0.1, 0.15) is 0 Å². The summed E-state index contributed by atoms with van der Waals surface area (Å²) < 4.78 is 10.2. The summed E-state index contributed by atoms with van der Waals surface area (Å²) in [5.74, 6) is 1.24. The maximum atomic E-state index is 11.8. The number of nitrogens with zero attached hydrogens (tertiary/aromatic N) is 2. The van der Waals surface area contributed by atoms with Gasteiger partial charge in [-0.15, -0.1) is 0 Å². The van der Waals surface area contributed by atoms with E-state index >= 15 is 0 Å². The van der Waals surface area contributed by atoms with Gasteiger partial charge in [-0.2, -0.15) is 0 Å². The van der Waals surface area contributed by atoms with Gasteiger partial charge in [-0.3, -0.25) is 9.69 Å². The van der Waals surface area contributed by atoms with Crippen molar-refractivity contribution in [2.45, 2.75) is 32.7 Å². The third kappa shape index (κ3) is 2.42. The van der Waals surface area contributed by atoms with Crippen LogP contribution in [0, 0.1) is 23.2 Å². The van der Waals surface area contributed by atoms with E-state index in [1.807, 2.05) is 18.7 Å². The molecule has 2 unspecified atom stereocenters. The van der Waals surface area contributed by atoms with E-state index in [0.29, 0.717) is 36.5 Å². The number of rotatable bonds is 4. The van der Waals surface area contributed by atoms with E-state index in [1.165, 1.54) is 12.8 Å². The fraction of sp³-hybridized carbons (Fsp3) is 0.882. The fourth-order valence-electron chi connectivity index (χ4n) is 5.01. The molecule has 128 valence electrons. The highest BCUT2D eigenvalue weighted by Crippen LogP contribution is 2.57. The number of likely N-dealkylation sites (tertiary alicyclic amines) is 2. The van der Waals surface area contributed by atoms with Crippen LogP contribution in [0.25, 0.3) is 0 Å². The van der Waals surface area contributed by atoms with E-state index in [4.69, 9.17) is 9.47 Å². The fourth-order valence-corrected chi connectivity index (χ4v) is 5.01. The number of carbonyl (C=O) groups excluding carboxylic acids is 2. The minimum absolute atomic E-state index is 0.0105. The van der Waals surface area contributed by atoms with E-state index < -0.39 is 0 Å². The van der Waals surface area contributed by atoms with Crippen LogP contribution in [0.4, 0.5) is 4.79 Å². The van der Waals surface area contributed by atoms with Crippen LogP contribution >= 0.6 is 0 Å². The van der Waals surface area contributed by atoms with Gasteiger partial charge in [0, 0.05) is 37.6 Å². The van der Waals surface area contributed by atoms with Gasteiger partial charge in [-0.25, -0.2) is 4.79 Å². The molecule has 2 saturated carbocycles. The maximum absolute atomic E-state index is 11.8. The second kappa shape index (κ2) is 5.36. The number of esters is 1. The Kier molecular flexibility index (Phi) is 3.55. The molecule has 0 aromatic rings. The van der Waals surface area contributed by atoms with Crippen LogP contribution in [0.15, 0.2) is 0 Å². The molecule has 0 bridgehead atoms. The predicted molar refractivity (Wildman–Crippen MR) is 82.7 cm³/mol. The van der Waals surface area contributed by atoms with Crippen molar-refractivity contribution in [1.29, 1.82) is 0 Å². The summed E-state index contributed by atoms with van der Waals surface area (Å²) in [7, 11) is 0. The summed E-state index contributed by atoms with van der Waals surface area (Å²) in [6, 6.07) is 0.648. The summed E-state index contributed by atoms with van der Waals surface area (Å²) >= 11 is 0. The lowest BCUT2D eigenvalue weighted by Gasteiger charge is -2.60. The molecule has 0 radical (unpaired) electrons. The van der Waals surface area contributed by atoms with Gasteiger partial charge in [0.15, 0.2) is 0 Å². The molecule has 1 spiro atoms. The van der Waals surface area contributed by atoms with Crippen LogP contribution in [0.3, 0.4) is 0 Å². The SMILES string of the molecule is CCOC(=O)C1C2CN(C3CC4(C3)CN(C(=O)OCC)C4)CC21. The monoisotopic (exact) mass is 322 g/mol. The summed E-state index contributed by atoms with van der Waals surface area (Å²) in [5, 5.41) is 0. The summed E-state index contributed by atoms with van der Waals surface area (Å²) in [6.45, 7) is 8.46. The van der Waals surface area contributed by atoms with Crippen molar-refractivity contribution in [2.75, 3.05) is 39.4 Å². The van der Waals surface area contributed by atoms with Crippen molar-refractivity contribution in [3.8, 4) is 0 Å². The molecule has 0 aromatic carbocycles. The molecule has 2 heterocycles. The smallest absolute Gasteiger partial charge is 0.409 e. The first-order valence-corrected chi connectivity index (χ1v) is 8.89. The van der Waals surface area contributed by atoms with Crippen molar-refractivity contribution in [2.24, 2.45) is 23.2 Å². The molecule has 2 atom stereocenters. The van der Waals surface area contributed by atoms with Gasteiger partial charge >= 0.3 is 12.1 Å². The van der Waals surface area contributed by atoms with Crippen LogP contribution in [-0.2, 0) is 14.3 Å². The lowest BCUT2D eigenvalue weighted by molar-refractivity contribution is -0.146. The number of hydrogen-bond donors (Lipinski definition) is 0. The Hall–Kier alpha value is -1.30. The van der Waals surface area contributed by atoms with E-state index in [0.717, 1.165) is 26.2 Å². The quantitative estimate of drug-likeness (QED) is 0.731. The molecule has 4 fully saturated rings.